The number of benzene rings is 2. The molecule has 214 valence electrons. The van der Waals surface area contributed by atoms with Crippen molar-refractivity contribution in [1.82, 2.24) is 10.2 Å². The van der Waals surface area contributed by atoms with Crippen LogP contribution in [-0.2, 0) is 33.7 Å². The molecule has 1 saturated heterocycles. The third-order valence-electron chi connectivity index (χ3n) is 6.61. The van der Waals surface area contributed by atoms with Crippen LogP contribution in [0.2, 0.25) is 0 Å². The molecule has 1 N–H and O–H groups in total. The highest BCUT2D eigenvalue weighted by Gasteiger charge is 2.37. The van der Waals surface area contributed by atoms with E-state index in [0.717, 1.165) is 35.3 Å². The van der Waals surface area contributed by atoms with Crippen LogP contribution in [0.5, 0.6) is 5.75 Å². The summed E-state index contributed by atoms with van der Waals surface area (Å²) in [6.45, 7) is 10.6. The number of hydrogen-bond donors (Lipinski definition) is 1. The van der Waals surface area contributed by atoms with Gasteiger partial charge in [-0.1, -0.05) is 44.2 Å². The number of rotatable bonds is 10. The molecule has 1 aliphatic rings. The monoisotopic (exact) mass is 540 g/mol. The van der Waals surface area contributed by atoms with E-state index in [0.29, 0.717) is 38.0 Å². The van der Waals surface area contributed by atoms with Crippen molar-refractivity contribution in [2.45, 2.75) is 91.2 Å². The molecule has 1 fully saturated rings. The van der Waals surface area contributed by atoms with Gasteiger partial charge in [0.25, 0.3) is 5.91 Å². The van der Waals surface area contributed by atoms with Crippen LogP contribution in [-0.4, -0.2) is 55.2 Å². The number of carbonyl (C=O) groups is 2. The predicted octanol–water partition coefficient (Wildman–Crippen LogP) is 5.86. The Balaban J connectivity index is 1.89. The molecule has 8 nitrogen and oxygen atoms in total. The molecule has 1 aliphatic heterocycles. The lowest BCUT2D eigenvalue weighted by molar-refractivity contribution is -0.0858. The van der Waals surface area contributed by atoms with E-state index >= 15 is 0 Å². The first kappa shape index (κ1) is 30.4. The summed E-state index contributed by atoms with van der Waals surface area (Å²) in [5.74, 6) is 0.565. The number of ether oxygens (including phenoxy) is 4. The fraction of sp³-hybridized carbons (Fsp3) is 0.548. The summed E-state index contributed by atoms with van der Waals surface area (Å²) >= 11 is 0. The van der Waals surface area contributed by atoms with Crippen LogP contribution in [0, 0.1) is 0 Å². The van der Waals surface area contributed by atoms with Crippen molar-refractivity contribution in [3.8, 4) is 5.75 Å². The van der Waals surface area contributed by atoms with Crippen LogP contribution in [0.3, 0.4) is 0 Å². The summed E-state index contributed by atoms with van der Waals surface area (Å²) in [7, 11) is 1.59. The molecule has 0 bridgehead atoms. The quantitative estimate of drug-likeness (QED) is 0.380. The first-order valence-corrected chi connectivity index (χ1v) is 13.9. The van der Waals surface area contributed by atoms with E-state index < -0.39 is 24.0 Å². The fourth-order valence-electron chi connectivity index (χ4n) is 4.72. The summed E-state index contributed by atoms with van der Waals surface area (Å²) in [6, 6.07) is 13.2. The molecule has 1 heterocycles. The van der Waals surface area contributed by atoms with Crippen molar-refractivity contribution in [2.24, 2.45) is 0 Å². The number of nitrogens with one attached hydrogen (secondary N) is 1. The summed E-state index contributed by atoms with van der Waals surface area (Å²) in [6.07, 6.45) is 2.63. The van der Waals surface area contributed by atoms with Gasteiger partial charge in [0.1, 0.15) is 11.4 Å². The summed E-state index contributed by atoms with van der Waals surface area (Å²) < 4.78 is 23.0. The van der Waals surface area contributed by atoms with Crippen molar-refractivity contribution in [3.05, 3.63) is 64.7 Å². The minimum Gasteiger partial charge on any atom is -0.467 e. The van der Waals surface area contributed by atoms with E-state index in [1.165, 1.54) is 0 Å². The van der Waals surface area contributed by atoms with E-state index in [-0.39, 0.29) is 12.7 Å². The SMILES string of the molecule is CCc1cc(C(=O)N[C@@H]2CCCCN(C(=O)OC(C)(C)C)C2OCc2ccccc2)cc(CC)c1OCOC. The highest BCUT2D eigenvalue weighted by molar-refractivity contribution is 5.95. The normalized spacial score (nSPS) is 17.8. The molecular weight excluding hydrogens is 496 g/mol. The Morgan fingerprint density at radius 2 is 1.69 bits per heavy atom. The van der Waals surface area contributed by atoms with E-state index in [1.54, 1.807) is 12.0 Å². The molecule has 0 spiro atoms. The summed E-state index contributed by atoms with van der Waals surface area (Å²) in [5.41, 5.74) is 2.80. The molecule has 3 rings (SSSR count). The number of amides is 2. The number of nitrogens with zero attached hydrogens (tertiary/aromatic N) is 1. The molecule has 0 saturated carbocycles. The maximum atomic E-state index is 13.6. The van der Waals surface area contributed by atoms with Gasteiger partial charge in [-0.2, -0.15) is 0 Å². The Hall–Kier alpha value is -3.10. The van der Waals surface area contributed by atoms with E-state index in [2.05, 4.69) is 5.32 Å². The van der Waals surface area contributed by atoms with Crippen molar-refractivity contribution >= 4 is 12.0 Å². The third-order valence-corrected chi connectivity index (χ3v) is 6.61. The molecule has 0 radical (unpaired) electrons. The van der Waals surface area contributed by atoms with Gasteiger partial charge in [0.2, 0.25) is 0 Å². The molecular formula is C31H44N2O6. The second-order valence-electron chi connectivity index (χ2n) is 10.8. The lowest BCUT2D eigenvalue weighted by Crippen LogP contribution is -2.54. The van der Waals surface area contributed by atoms with Gasteiger partial charge < -0.3 is 24.3 Å². The highest BCUT2D eigenvalue weighted by Crippen LogP contribution is 2.28. The summed E-state index contributed by atoms with van der Waals surface area (Å²) in [4.78, 5) is 28.5. The van der Waals surface area contributed by atoms with Crippen LogP contribution in [0.1, 0.15) is 80.9 Å². The predicted molar refractivity (Wildman–Crippen MR) is 151 cm³/mol. The maximum absolute atomic E-state index is 13.6. The van der Waals surface area contributed by atoms with Crippen molar-refractivity contribution in [2.75, 3.05) is 20.4 Å². The first-order chi connectivity index (χ1) is 18.7. The Labute approximate surface area is 233 Å². The second kappa shape index (κ2) is 14.3. The highest BCUT2D eigenvalue weighted by atomic mass is 16.7. The lowest BCUT2D eigenvalue weighted by Gasteiger charge is -2.36. The van der Waals surface area contributed by atoms with Crippen LogP contribution in [0.15, 0.2) is 42.5 Å². The zero-order valence-corrected chi connectivity index (χ0v) is 24.2. The zero-order chi connectivity index (χ0) is 28.4. The number of aryl methyl sites for hydroxylation is 2. The molecule has 2 amide bonds. The topological polar surface area (TPSA) is 86.3 Å². The molecule has 0 aromatic heterocycles. The minimum atomic E-state index is -0.674. The molecule has 2 aromatic rings. The Morgan fingerprint density at radius 3 is 2.28 bits per heavy atom. The molecule has 0 aliphatic carbocycles. The fourth-order valence-corrected chi connectivity index (χ4v) is 4.72. The zero-order valence-electron chi connectivity index (χ0n) is 24.2. The Kier molecular flexibility index (Phi) is 11.2. The average molecular weight is 541 g/mol. The van der Waals surface area contributed by atoms with Gasteiger partial charge in [-0.3, -0.25) is 9.69 Å². The largest absolute Gasteiger partial charge is 0.467 e. The first-order valence-electron chi connectivity index (χ1n) is 13.9. The Bertz CT molecular complexity index is 1060. The number of hydrogen-bond acceptors (Lipinski definition) is 6. The number of carbonyl (C=O) groups excluding carboxylic acids is 2. The molecule has 8 heteroatoms. The molecule has 1 unspecified atom stereocenters. The molecule has 2 aromatic carbocycles. The van der Waals surface area contributed by atoms with Crippen LogP contribution < -0.4 is 10.1 Å². The van der Waals surface area contributed by atoms with E-state index in [9.17, 15) is 9.59 Å². The van der Waals surface area contributed by atoms with E-state index in [1.807, 2.05) is 77.1 Å². The smallest absolute Gasteiger partial charge is 0.412 e. The van der Waals surface area contributed by atoms with Gasteiger partial charge in [-0.15, -0.1) is 0 Å². The van der Waals surface area contributed by atoms with Gasteiger partial charge in [0.15, 0.2) is 13.0 Å². The summed E-state index contributed by atoms with van der Waals surface area (Å²) in [5, 5.41) is 3.20. The van der Waals surface area contributed by atoms with Gasteiger partial charge in [0, 0.05) is 19.2 Å². The third kappa shape index (κ3) is 8.70. The number of methoxy groups -OCH3 is 1. The Morgan fingerprint density at radius 1 is 1.03 bits per heavy atom. The maximum Gasteiger partial charge on any atom is 0.412 e. The van der Waals surface area contributed by atoms with Crippen LogP contribution >= 0.6 is 0 Å². The van der Waals surface area contributed by atoms with Gasteiger partial charge in [-0.05, 0) is 81.7 Å². The van der Waals surface area contributed by atoms with Crippen molar-refractivity contribution in [3.63, 3.8) is 0 Å². The standard InChI is InChI=1S/C31H44N2O6/c1-7-23-18-25(19-24(8-2)27(23)38-21-36-6)28(34)32-26-16-12-13-17-33(30(35)39-31(3,4)5)29(26)37-20-22-14-10-9-11-15-22/h9-11,14-15,18-19,26,29H,7-8,12-13,16-17,20-21H2,1-6H3,(H,32,34)/t26-,29?/m1/s1. The average Bonchev–Trinajstić information content (AvgIpc) is 3.11. The van der Waals surface area contributed by atoms with Gasteiger partial charge in [-0.25, -0.2) is 4.79 Å². The molecule has 39 heavy (non-hydrogen) atoms. The van der Waals surface area contributed by atoms with Gasteiger partial charge >= 0.3 is 6.09 Å². The van der Waals surface area contributed by atoms with Gasteiger partial charge in [0.05, 0.1) is 12.6 Å². The van der Waals surface area contributed by atoms with Crippen molar-refractivity contribution in [1.29, 1.82) is 0 Å². The molecule has 2 atom stereocenters. The second-order valence-corrected chi connectivity index (χ2v) is 10.8. The minimum absolute atomic E-state index is 0.147. The van der Waals surface area contributed by atoms with E-state index in [4.69, 9.17) is 18.9 Å². The van der Waals surface area contributed by atoms with Crippen LogP contribution in [0.25, 0.3) is 0 Å². The number of likely N-dealkylation sites (tertiary alicyclic amines) is 1. The van der Waals surface area contributed by atoms with Crippen molar-refractivity contribution < 1.29 is 28.5 Å². The lowest BCUT2D eigenvalue weighted by atomic mass is 9.99. The van der Waals surface area contributed by atoms with Crippen LogP contribution in [0.4, 0.5) is 4.79 Å².